The highest BCUT2D eigenvalue weighted by Crippen LogP contribution is 2.25. The predicted molar refractivity (Wildman–Crippen MR) is 110 cm³/mol. The summed E-state index contributed by atoms with van der Waals surface area (Å²) >= 11 is 2.99. The number of aromatic nitrogens is 2. The monoisotopic (exact) mass is 483 g/mol. The normalized spacial score (nSPS) is 18.6. The second-order valence-electron chi connectivity index (χ2n) is 7.02. The summed E-state index contributed by atoms with van der Waals surface area (Å²) in [6, 6.07) is 4.68. The van der Waals surface area contributed by atoms with Crippen LogP contribution in [0.15, 0.2) is 22.7 Å². The van der Waals surface area contributed by atoms with Gasteiger partial charge in [-0.3, -0.25) is 19.1 Å². The third-order valence-electron chi connectivity index (χ3n) is 4.83. The molecule has 2 amide bonds. The van der Waals surface area contributed by atoms with E-state index >= 15 is 0 Å². The lowest BCUT2D eigenvalue weighted by molar-refractivity contribution is -0.159. The lowest BCUT2D eigenvalue weighted by Gasteiger charge is -2.23. The Kier molecular flexibility index (Phi) is 7.19. The molecule has 0 radical (unpaired) electrons. The molecule has 2 aromatic rings. The molecule has 162 valence electrons. The van der Waals surface area contributed by atoms with Gasteiger partial charge in [-0.05, 0) is 35.1 Å². The van der Waals surface area contributed by atoms with E-state index in [4.69, 9.17) is 4.84 Å². The summed E-state index contributed by atoms with van der Waals surface area (Å²) in [5.74, 6) is -0.653. The van der Waals surface area contributed by atoms with Gasteiger partial charge in [0.05, 0.1) is 29.0 Å². The maximum absolute atomic E-state index is 12.9. The van der Waals surface area contributed by atoms with Gasteiger partial charge in [0.1, 0.15) is 11.8 Å². The molecule has 2 aliphatic heterocycles. The van der Waals surface area contributed by atoms with Crippen LogP contribution in [0.1, 0.15) is 21.7 Å². The van der Waals surface area contributed by atoms with Gasteiger partial charge in [0.15, 0.2) is 5.82 Å². The van der Waals surface area contributed by atoms with Crippen LogP contribution in [0.25, 0.3) is 0 Å². The van der Waals surface area contributed by atoms with Gasteiger partial charge in [-0.2, -0.15) is 5.10 Å². The number of fused-ring (bicyclic) bond motifs is 3. The third-order valence-corrected chi connectivity index (χ3v) is 5.45. The van der Waals surface area contributed by atoms with Crippen molar-refractivity contribution in [3.63, 3.8) is 0 Å². The fourth-order valence-electron chi connectivity index (χ4n) is 3.35. The molecule has 1 aromatic heterocycles. The van der Waals surface area contributed by atoms with Crippen molar-refractivity contribution in [2.75, 3.05) is 32.6 Å². The van der Waals surface area contributed by atoms with Gasteiger partial charge in [0.2, 0.25) is 6.41 Å². The molecular weight excluding hydrogens is 461 g/mol. The first-order chi connectivity index (χ1) is 14.3. The molecule has 4 rings (SSSR count). The Morgan fingerprint density at radius 1 is 1.43 bits per heavy atom. The molecule has 2 aliphatic rings. The fourth-order valence-corrected chi connectivity index (χ4v) is 3.72. The highest BCUT2D eigenvalue weighted by atomic mass is 79.9. The Balaban J connectivity index is 0.000000199. The number of hydrogen-bond acceptors (Lipinski definition) is 6. The zero-order chi connectivity index (χ0) is 21.8. The fraction of sp³-hybridized carbons (Fsp3) is 0.421. The number of hydroxylamine groups is 2. The maximum atomic E-state index is 12.9. The second kappa shape index (κ2) is 9.65. The topological polar surface area (TPSA) is 99.9 Å². The van der Waals surface area contributed by atoms with Gasteiger partial charge < -0.3 is 15.3 Å². The number of carbonyl (C=O) groups excluding carboxylic acids is 2. The second-order valence-corrected chi connectivity index (χ2v) is 7.87. The minimum atomic E-state index is -0.459. The number of anilines is 1. The van der Waals surface area contributed by atoms with Crippen molar-refractivity contribution in [2.24, 2.45) is 0 Å². The van der Waals surface area contributed by atoms with Crippen LogP contribution >= 0.6 is 15.9 Å². The Labute approximate surface area is 181 Å². The number of likely N-dealkylation sites (N-methyl/N-ethyl adjacent to an activating group) is 1. The highest BCUT2D eigenvalue weighted by Gasteiger charge is 2.33. The summed E-state index contributed by atoms with van der Waals surface area (Å²) in [6.07, 6.45) is 0.854. The van der Waals surface area contributed by atoms with Gasteiger partial charge in [-0.15, -0.1) is 0 Å². The first-order valence-electron chi connectivity index (χ1n) is 9.32. The van der Waals surface area contributed by atoms with Crippen molar-refractivity contribution in [1.29, 1.82) is 0 Å². The van der Waals surface area contributed by atoms with Gasteiger partial charge >= 0.3 is 0 Å². The summed E-state index contributed by atoms with van der Waals surface area (Å²) in [7, 11) is 3.61. The van der Waals surface area contributed by atoms with Crippen LogP contribution in [0.4, 0.5) is 10.1 Å². The molecule has 9 nitrogen and oxygen atoms in total. The Morgan fingerprint density at radius 2 is 2.20 bits per heavy atom. The van der Waals surface area contributed by atoms with Crippen molar-refractivity contribution < 1.29 is 23.9 Å². The zero-order valence-electron chi connectivity index (χ0n) is 16.6. The van der Waals surface area contributed by atoms with Gasteiger partial charge in [0.25, 0.3) is 5.91 Å². The Hall–Kier alpha value is -2.34. The van der Waals surface area contributed by atoms with Crippen LogP contribution < -0.4 is 5.32 Å². The van der Waals surface area contributed by atoms with Crippen molar-refractivity contribution in [1.82, 2.24) is 19.7 Å². The van der Waals surface area contributed by atoms with Crippen molar-refractivity contribution >= 4 is 33.9 Å². The van der Waals surface area contributed by atoms with E-state index in [9.17, 15) is 19.1 Å². The SMILES string of the molecule is CN1CCc2nn3c(c2C1)C(=O)N(C)OC(CO)C3.O=CNc1cccc(Br)c1F. The highest BCUT2D eigenvalue weighted by molar-refractivity contribution is 9.10. The molecule has 2 N–H and O–H groups in total. The molecule has 0 saturated heterocycles. The van der Waals surface area contributed by atoms with E-state index in [2.05, 4.69) is 31.2 Å². The number of rotatable bonds is 3. The van der Waals surface area contributed by atoms with E-state index in [-0.39, 0.29) is 18.2 Å². The molecule has 11 heteroatoms. The Morgan fingerprint density at radius 3 is 2.90 bits per heavy atom. The van der Waals surface area contributed by atoms with E-state index in [1.54, 1.807) is 23.9 Å². The minimum Gasteiger partial charge on any atom is -0.393 e. The molecule has 1 aromatic carbocycles. The smallest absolute Gasteiger partial charge is 0.295 e. The number of nitrogens with one attached hydrogen (secondary N) is 1. The minimum absolute atomic E-state index is 0.137. The molecule has 3 heterocycles. The number of halogens is 2. The van der Waals surface area contributed by atoms with Gasteiger partial charge in [0, 0.05) is 32.1 Å². The number of aliphatic hydroxyl groups excluding tert-OH is 1. The molecule has 0 fully saturated rings. The van der Waals surface area contributed by atoms with E-state index in [0.717, 1.165) is 30.8 Å². The zero-order valence-corrected chi connectivity index (χ0v) is 18.2. The first kappa shape index (κ1) is 22.3. The quantitative estimate of drug-likeness (QED) is 0.640. The number of carbonyl (C=O) groups is 2. The molecule has 0 aliphatic carbocycles. The van der Waals surface area contributed by atoms with Crippen LogP contribution in [0, 0.1) is 5.82 Å². The predicted octanol–water partition coefficient (Wildman–Crippen LogP) is 1.41. The van der Waals surface area contributed by atoms with Gasteiger partial charge in [-0.25, -0.2) is 9.45 Å². The van der Waals surface area contributed by atoms with Crippen LogP contribution in [-0.4, -0.2) is 70.5 Å². The molecule has 0 saturated carbocycles. The largest absolute Gasteiger partial charge is 0.393 e. The average Bonchev–Trinajstić information content (AvgIpc) is 3.02. The van der Waals surface area contributed by atoms with Crippen molar-refractivity contribution in [3.8, 4) is 0 Å². The summed E-state index contributed by atoms with van der Waals surface area (Å²) in [4.78, 5) is 29.9. The van der Waals surface area contributed by atoms with E-state index in [1.165, 1.54) is 11.1 Å². The molecular formula is C19H23BrFN5O4. The molecule has 1 atom stereocenters. The van der Waals surface area contributed by atoms with Crippen molar-refractivity contribution in [3.05, 3.63) is 45.4 Å². The molecule has 1 unspecified atom stereocenters. The first-order valence-corrected chi connectivity index (χ1v) is 10.1. The molecule has 0 bridgehead atoms. The number of nitrogens with zero attached hydrogens (tertiary/aromatic N) is 4. The standard InChI is InChI=1S/C12H18N4O3.C7H5BrFNO/c1-14-4-3-10-9(6-14)11-12(18)15(2)19-8(7-17)5-16(11)13-10;8-5-2-1-3-6(7(5)9)10-4-11/h8,17H,3-7H2,1-2H3;1-4H,(H,10,11). The number of amides is 2. The summed E-state index contributed by atoms with van der Waals surface area (Å²) in [5, 5.41) is 17.2. The molecule has 30 heavy (non-hydrogen) atoms. The van der Waals surface area contributed by atoms with Gasteiger partial charge in [-0.1, -0.05) is 6.07 Å². The summed E-state index contributed by atoms with van der Waals surface area (Å²) in [6.45, 7) is 1.95. The van der Waals surface area contributed by atoms with E-state index < -0.39 is 11.9 Å². The number of aliphatic hydroxyl groups is 1. The summed E-state index contributed by atoms with van der Waals surface area (Å²) in [5.41, 5.74) is 2.76. The van der Waals surface area contributed by atoms with Crippen LogP contribution in [0.3, 0.4) is 0 Å². The average molecular weight is 484 g/mol. The van der Waals surface area contributed by atoms with Crippen molar-refractivity contribution in [2.45, 2.75) is 25.6 Å². The lowest BCUT2D eigenvalue weighted by Crippen LogP contribution is -2.33. The van der Waals surface area contributed by atoms with E-state index in [0.29, 0.717) is 23.1 Å². The lowest BCUT2D eigenvalue weighted by atomic mass is 10.1. The Bertz CT molecular complexity index is 938. The van der Waals surface area contributed by atoms with E-state index in [1.807, 2.05) is 7.05 Å². The number of benzene rings is 1. The maximum Gasteiger partial charge on any atom is 0.295 e. The van der Waals surface area contributed by atoms with Crippen LogP contribution in [0.2, 0.25) is 0 Å². The summed E-state index contributed by atoms with van der Waals surface area (Å²) < 4.78 is 14.9. The van der Waals surface area contributed by atoms with Crippen LogP contribution in [0.5, 0.6) is 0 Å². The third kappa shape index (κ3) is 4.69. The molecule has 0 spiro atoms. The number of hydrogen-bond donors (Lipinski definition) is 2. The van der Waals surface area contributed by atoms with Crippen LogP contribution in [-0.2, 0) is 29.1 Å².